The monoisotopic (exact) mass is 366 g/mol. The molecule has 2 amide bonds. The molecule has 0 spiro atoms. The third kappa shape index (κ3) is 4.20. The van der Waals surface area contributed by atoms with Crippen LogP contribution in [0.4, 0.5) is 16.2 Å². The van der Waals surface area contributed by atoms with E-state index in [2.05, 4.69) is 10.6 Å². The lowest BCUT2D eigenvalue weighted by Gasteiger charge is -2.11. The normalized spacial score (nSPS) is 10.2. The van der Waals surface area contributed by atoms with Gasteiger partial charge in [0.05, 0.1) is 11.3 Å². The lowest BCUT2D eigenvalue weighted by molar-refractivity contribution is 0.0698. The molecule has 3 aromatic rings. The van der Waals surface area contributed by atoms with Crippen LogP contribution < -0.4 is 10.6 Å². The van der Waals surface area contributed by atoms with Crippen molar-refractivity contribution in [1.82, 2.24) is 0 Å². The number of carboxylic acids is 1. The van der Waals surface area contributed by atoms with Gasteiger partial charge in [-0.25, -0.2) is 9.59 Å². The topological polar surface area (TPSA) is 78.4 Å². The van der Waals surface area contributed by atoms with Gasteiger partial charge in [-0.15, -0.1) is 0 Å². The lowest BCUT2D eigenvalue weighted by Crippen LogP contribution is -2.21. The molecule has 0 aliphatic rings. The van der Waals surface area contributed by atoms with E-state index < -0.39 is 12.0 Å². The molecule has 3 aromatic carbocycles. The van der Waals surface area contributed by atoms with Gasteiger partial charge in [-0.05, 0) is 41.5 Å². The quantitative estimate of drug-likeness (QED) is 0.582. The summed E-state index contributed by atoms with van der Waals surface area (Å²) in [5.41, 5.74) is 2.78. The minimum absolute atomic E-state index is 0.0380. The summed E-state index contributed by atoms with van der Waals surface area (Å²) in [7, 11) is 0. The van der Waals surface area contributed by atoms with E-state index in [9.17, 15) is 14.7 Å². The minimum atomic E-state index is -1.15. The second-order valence-corrected chi connectivity index (χ2v) is 5.95. The molecule has 0 aromatic heterocycles. The number of hydrogen-bond donors (Lipinski definition) is 3. The van der Waals surface area contributed by atoms with E-state index in [1.165, 1.54) is 18.2 Å². The number of urea groups is 1. The Bertz CT molecular complexity index is 941. The molecule has 0 heterocycles. The van der Waals surface area contributed by atoms with Crippen molar-refractivity contribution < 1.29 is 14.7 Å². The summed E-state index contributed by atoms with van der Waals surface area (Å²) < 4.78 is 0. The summed E-state index contributed by atoms with van der Waals surface area (Å²) >= 11 is 5.88. The van der Waals surface area contributed by atoms with E-state index in [4.69, 9.17) is 11.6 Å². The highest BCUT2D eigenvalue weighted by molar-refractivity contribution is 6.31. The molecule has 0 atom stereocenters. The van der Waals surface area contributed by atoms with Gasteiger partial charge in [-0.1, -0.05) is 54.1 Å². The van der Waals surface area contributed by atoms with Crippen molar-refractivity contribution >= 4 is 35.0 Å². The van der Waals surface area contributed by atoms with Gasteiger partial charge in [0, 0.05) is 10.7 Å². The van der Waals surface area contributed by atoms with Crippen molar-refractivity contribution in [2.75, 3.05) is 10.6 Å². The Morgan fingerprint density at radius 2 is 1.46 bits per heavy atom. The fraction of sp³-hybridized carbons (Fsp3) is 0. The molecule has 0 bridgehead atoms. The number of carboxylic acid groups (broad SMARTS) is 1. The van der Waals surface area contributed by atoms with Crippen LogP contribution in [0.1, 0.15) is 10.4 Å². The summed E-state index contributed by atoms with van der Waals surface area (Å²) in [5, 5.41) is 14.7. The highest BCUT2D eigenvalue weighted by Crippen LogP contribution is 2.23. The predicted molar refractivity (Wildman–Crippen MR) is 103 cm³/mol. The largest absolute Gasteiger partial charge is 0.478 e. The van der Waals surface area contributed by atoms with E-state index in [-0.39, 0.29) is 11.3 Å². The number of aromatic carboxylic acids is 1. The Hall–Kier alpha value is -3.31. The highest BCUT2D eigenvalue weighted by Gasteiger charge is 2.13. The number of carbonyl (C=O) groups excluding carboxylic acids is 1. The van der Waals surface area contributed by atoms with Crippen LogP contribution in [0.2, 0.25) is 5.02 Å². The molecule has 5 nitrogen and oxygen atoms in total. The van der Waals surface area contributed by atoms with Gasteiger partial charge in [0.25, 0.3) is 0 Å². The van der Waals surface area contributed by atoms with Gasteiger partial charge < -0.3 is 15.7 Å². The first-order valence-electron chi connectivity index (χ1n) is 7.79. The molecule has 3 rings (SSSR count). The van der Waals surface area contributed by atoms with Gasteiger partial charge in [0.1, 0.15) is 0 Å². The van der Waals surface area contributed by atoms with E-state index in [1.807, 2.05) is 42.5 Å². The van der Waals surface area contributed by atoms with E-state index >= 15 is 0 Å². The van der Waals surface area contributed by atoms with Crippen molar-refractivity contribution in [2.45, 2.75) is 0 Å². The van der Waals surface area contributed by atoms with Crippen LogP contribution in [0.15, 0.2) is 72.8 Å². The van der Waals surface area contributed by atoms with Crippen LogP contribution >= 0.6 is 11.6 Å². The number of carbonyl (C=O) groups is 2. The van der Waals surface area contributed by atoms with Crippen LogP contribution in [-0.4, -0.2) is 17.1 Å². The van der Waals surface area contributed by atoms with Gasteiger partial charge in [-0.3, -0.25) is 0 Å². The van der Waals surface area contributed by atoms with Crippen LogP contribution in [0, 0.1) is 0 Å². The van der Waals surface area contributed by atoms with Gasteiger partial charge >= 0.3 is 12.0 Å². The van der Waals surface area contributed by atoms with Crippen molar-refractivity contribution in [1.29, 1.82) is 0 Å². The average molecular weight is 367 g/mol. The maximum absolute atomic E-state index is 12.2. The SMILES string of the molecule is O=C(Nc1ccc(-c2ccccc2)cc1)Nc1cc(Cl)ccc1C(=O)O. The first-order chi connectivity index (χ1) is 12.5. The summed E-state index contributed by atoms with van der Waals surface area (Å²) in [4.78, 5) is 23.4. The fourth-order valence-electron chi connectivity index (χ4n) is 2.47. The number of halogens is 1. The summed E-state index contributed by atoms with van der Waals surface area (Å²) in [6.45, 7) is 0. The number of amides is 2. The van der Waals surface area contributed by atoms with Crippen molar-refractivity contribution in [2.24, 2.45) is 0 Å². The average Bonchev–Trinajstić information content (AvgIpc) is 2.63. The summed E-state index contributed by atoms with van der Waals surface area (Å²) in [5.74, 6) is -1.15. The van der Waals surface area contributed by atoms with Gasteiger partial charge in [0.2, 0.25) is 0 Å². The molecular weight excluding hydrogens is 352 g/mol. The van der Waals surface area contributed by atoms with Crippen molar-refractivity contribution in [3.8, 4) is 11.1 Å². The van der Waals surface area contributed by atoms with Crippen LogP contribution in [0.3, 0.4) is 0 Å². The molecule has 3 N–H and O–H groups in total. The Kier molecular flexibility index (Phi) is 5.20. The zero-order valence-corrected chi connectivity index (χ0v) is 14.3. The van der Waals surface area contributed by atoms with Crippen LogP contribution in [-0.2, 0) is 0 Å². The van der Waals surface area contributed by atoms with Crippen LogP contribution in [0.25, 0.3) is 11.1 Å². The highest BCUT2D eigenvalue weighted by atomic mass is 35.5. The molecule has 26 heavy (non-hydrogen) atoms. The maximum atomic E-state index is 12.2. The number of nitrogens with one attached hydrogen (secondary N) is 2. The molecule has 0 saturated carbocycles. The smallest absolute Gasteiger partial charge is 0.337 e. The number of benzene rings is 3. The third-order valence-corrected chi connectivity index (χ3v) is 3.95. The predicted octanol–water partition coefficient (Wildman–Crippen LogP) is 5.35. The molecule has 0 aliphatic heterocycles. The van der Waals surface area contributed by atoms with Crippen LogP contribution in [0.5, 0.6) is 0 Å². The standard InChI is InChI=1S/C20H15ClN2O3/c21-15-8-11-17(19(24)25)18(12-15)23-20(26)22-16-9-6-14(7-10-16)13-4-2-1-3-5-13/h1-12H,(H,24,25)(H2,22,23,26). The number of rotatable bonds is 4. The zero-order chi connectivity index (χ0) is 18.5. The second kappa shape index (κ2) is 7.72. The molecule has 0 unspecified atom stereocenters. The van der Waals surface area contributed by atoms with E-state index in [0.29, 0.717) is 10.7 Å². The Balaban J connectivity index is 1.71. The Morgan fingerprint density at radius 1 is 0.808 bits per heavy atom. The minimum Gasteiger partial charge on any atom is -0.478 e. The molecule has 0 fully saturated rings. The molecule has 0 radical (unpaired) electrons. The molecule has 6 heteroatoms. The molecular formula is C20H15ClN2O3. The third-order valence-electron chi connectivity index (χ3n) is 3.71. The lowest BCUT2D eigenvalue weighted by atomic mass is 10.1. The van der Waals surface area contributed by atoms with E-state index in [0.717, 1.165) is 11.1 Å². The number of hydrogen-bond acceptors (Lipinski definition) is 2. The maximum Gasteiger partial charge on any atom is 0.337 e. The first kappa shape index (κ1) is 17.5. The fourth-order valence-corrected chi connectivity index (χ4v) is 2.64. The summed E-state index contributed by atoms with van der Waals surface area (Å²) in [6, 6.07) is 20.8. The van der Waals surface area contributed by atoms with Gasteiger partial charge in [0.15, 0.2) is 0 Å². The number of anilines is 2. The van der Waals surface area contributed by atoms with Crippen molar-refractivity contribution in [3.05, 3.63) is 83.4 Å². The first-order valence-corrected chi connectivity index (χ1v) is 8.17. The Labute approximate surface area is 155 Å². The van der Waals surface area contributed by atoms with E-state index in [1.54, 1.807) is 12.1 Å². The second-order valence-electron chi connectivity index (χ2n) is 5.52. The molecule has 0 saturated heterocycles. The molecule has 130 valence electrons. The summed E-state index contributed by atoms with van der Waals surface area (Å²) in [6.07, 6.45) is 0. The zero-order valence-electron chi connectivity index (χ0n) is 13.6. The Morgan fingerprint density at radius 3 is 2.12 bits per heavy atom. The van der Waals surface area contributed by atoms with Crippen molar-refractivity contribution in [3.63, 3.8) is 0 Å². The van der Waals surface area contributed by atoms with Gasteiger partial charge in [-0.2, -0.15) is 0 Å². The molecule has 0 aliphatic carbocycles.